The van der Waals surface area contributed by atoms with Crippen LogP contribution in [0, 0.1) is 5.92 Å². The standard InChI is InChI=1S/C23H26N2O3/c26-22-19-9-2-1-7-17(19)16-25(21-11-4-3-10-20(21)22)14-6-13-24-12-5-8-18(15-24)23(27)28/h1-4,7,9-11,18H,5-6,8,12-16H2,(H,27,28)/t18-/m1/s1. The van der Waals surface area contributed by atoms with Gasteiger partial charge < -0.3 is 14.9 Å². The Morgan fingerprint density at radius 1 is 1.04 bits per heavy atom. The molecule has 0 bridgehead atoms. The minimum Gasteiger partial charge on any atom is -0.481 e. The average Bonchev–Trinajstić information content (AvgIpc) is 2.84. The Hall–Kier alpha value is -2.66. The molecule has 0 radical (unpaired) electrons. The average molecular weight is 378 g/mol. The molecule has 0 spiro atoms. The van der Waals surface area contributed by atoms with E-state index in [2.05, 4.69) is 9.80 Å². The van der Waals surface area contributed by atoms with Gasteiger partial charge >= 0.3 is 5.97 Å². The van der Waals surface area contributed by atoms with Gasteiger partial charge in [0, 0.05) is 36.4 Å². The third kappa shape index (κ3) is 3.80. The maximum absolute atomic E-state index is 13.0. The van der Waals surface area contributed by atoms with E-state index in [0.717, 1.165) is 67.8 Å². The van der Waals surface area contributed by atoms with Crippen LogP contribution >= 0.6 is 0 Å². The number of carbonyl (C=O) groups excluding carboxylic acids is 1. The summed E-state index contributed by atoms with van der Waals surface area (Å²) in [5.74, 6) is -0.826. The number of rotatable bonds is 5. The topological polar surface area (TPSA) is 60.9 Å². The maximum Gasteiger partial charge on any atom is 0.307 e. The highest BCUT2D eigenvalue weighted by atomic mass is 16.4. The van der Waals surface area contributed by atoms with Crippen LogP contribution < -0.4 is 4.90 Å². The minimum atomic E-state index is -0.679. The fourth-order valence-electron chi connectivity index (χ4n) is 4.40. The molecule has 1 atom stereocenters. The molecule has 5 heteroatoms. The molecular weight excluding hydrogens is 352 g/mol. The monoisotopic (exact) mass is 378 g/mol. The third-order valence-corrected chi connectivity index (χ3v) is 5.87. The molecule has 5 nitrogen and oxygen atoms in total. The Kier molecular flexibility index (Phi) is 5.44. The Bertz CT molecular complexity index is 880. The van der Waals surface area contributed by atoms with E-state index < -0.39 is 5.97 Å². The predicted molar refractivity (Wildman–Crippen MR) is 109 cm³/mol. The number of fused-ring (bicyclic) bond motifs is 2. The van der Waals surface area contributed by atoms with Crippen molar-refractivity contribution in [2.45, 2.75) is 25.8 Å². The van der Waals surface area contributed by atoms with Crippen molar-refractivity contribution >= 4 is 17.4 Å². The van der Waals surface area contributed by atoms with Crippen molar-refractivity contribution < 1.29 is 14.7 Å². The molecule has 0 aromatic heterocycles. The summed E-state index contributed by atoms with van der Waals surface area (Å²) in [6.07, 6.45) is 2.67. The van der Waals surface area contributed by atoms with Crippen molar-refractivity contribution in [1.82, 2.24) is 4.90 Å². The first-order chi connectivity index (χ1) is 13.6. The second-order valence-corrected chi connectivity index (χ2v) is 7.76. The van der Waals surface area contributed by atoms with Gasteiger partial charge in [0.05, 0.1) is 5.92 Å². The van der Waals surface area contributed by atoms with Crippen LogP contribution in [0.15, 0.2) is 48.5 Å². The molecule has 2 aromatic rings. The van der Waals surface area contributed by atoms with E-state index in [4.69, 9.17) is 0 Å². The Morgan fingerprint density at radius 2 is 1.79 bits per heavy atom. The molecule has 2 heterocycles. The van der Waals surface area contributed by atoms with E-state index in [-0.39, 0.29) is 11.7 Å². The summed E-state index contributed by atoms with van der Waals surface area (Å²) in [4.78, 5) is 28.8. The summed E-state index contributed by atoms with van der Waals surface area (Å²) in [5.41, 5.74) is 3.60. The molecule has 28 heavy (non-hydrogen) atoms. The number of carbonyl (C=O) groups is 2. The van der Waals surface area contributed by atoms with Gasteiger partial charge in [0.1, 0.15) is 0 Å². The molecule has 0 aliphatic carbocycles. The molecular formula is C23H26N2O3. The molecule has 0 saturated carbocycles. The Labute approximate surface area is 165 Å². The highest BCUT2D eigenvalue weighted by Gasteiger charge is 2.26. The summed E-state index contributed by atoms with van der Waals surface area (Å²) in [5, 5.41) is 9.28. The normalized spacial score (nSPS) is 19.6. The molecule has 1 saturated heterocycles. The van der Waals surface area contributed by atoms with Gasteiger partial charge in [-0.05, 0) is 50.0 Å². The highest BCUT2D eigenvalue weighted by Crippen LogP contribution is 2.30. The van der Waals surface area contributed by atoms with E-state index >= 15 is 0 Å². The number of hydrogen-bond donors (Lipinski definition) is 1. The summed E-state index contributed by atoms with van der Waals surface area (Å²) < 4.78 is 0. The van der Waals surface area contributed by atoms with Gasteiger partial charge in [-0.15, -0.1) is 0 Å². The fourth-order valence-corrected chi connectivity index (χ4v) is 4.40. The number of ketones is 1. The zero-order chi connectivity index (χ0) is 19.5. The lowest BCUT2D eigenvalue weighted by Gasteiger charge is -2.32. The van der Waals surface area contributed by atoms with Crippen LogP contribution in [-0.4, -0.2) is 47.9 Å². The van der Waals surface area contributed by atoms with Crippen molar-refractivity contribution in [3.63, 3.8) is 0 Å². The van der Waals surface area contributed by atoms with Gasteiger partial charge in [0.15, 0.2) is 5.78 Å². The summed E-state index contributed by atoms with van der Waals surface area (Å²) in [6.45, 7) is 4.07. The second kappa shape index (κ2) is 8.15. The zero-order valence-corrected chi connectivity index (χ0v) is 16.0. The Balaban J connectivity index is 1.47. The fraction of sp³-hybridized carbons (Fsp3) is 0.391. The zero-order valence-electron chi connectivity index (χ0n) is 16.0. The number of nitrogens with zero attached hydrogens (tertiary/aromatic N) is 2. The predicted octanol–water partition coefficient (Wildman–Crippen LogP) is 3.42. The first kappa shape index (κ1) is 18.7. The van der Waals surface area contributed by atoms with Crippen molar-refractivity contribution in [2.24, 2.45) is 5.92 Å². The second-order valence-electron chi connectivity index (χ2n) is 7.76. The van der Waals surface area contributed by atoms with Gasteiger partial charge in [0.2, 0.25) is 0 Å². The van der Waals surface area contributed by atoms with Crippen LogP contribution in [0.1, 0.15) is 40.7 Å². The van der Waals surface area contributed by atoms with Crippen LogP contribution in [0.5, 0.6) is 0 Å². The number of likely N-dealkylation sites (tertiary alicyclic amines) is 1. The van der Waals surface area contributed by atoms with Crippen LogP contribution in [0.4, 0.5) is 5.69 Å². The number of piperidine rings is 1. The lowest BCUT2D eigenvalue weighted by atomic mass is 9.98. The molecule has 0 unspecified atom stereocenters. The first-order valence-electron chi connectivity index (χ1n) is 10.1. The highest BCUT2D eigenvalue weighted by molar-refractivity contribution is 6.14. The third-order valence-electron chi connectivity index (χ3n) is 5.87. The number of carboxylic acid groups (broad SMARTS) is 1. The van der Waals surface area contributed by atoms with Crippen molar-refractivity contribution in [1.29, 1.82) is 0 Å². The largest absolute Gasteiger partial charge is 0.481 e. The molecule has 2 aromatic carbocycles. The molecule has 146 valence electrons. The lowest BCUT2D eigenvalue weighted by molar-refractivity contribution is -0.143. The van der Waals surface area contributed by atoms with Gasteiger partial charge in [0.25, 0.3) is 0 Å². The maximum atomic E-state index is 13.0. The summed E-state index contributed by atoms with van der Waals surface area (Å²) in [6, 6.07) is 15.7. The van der Waals surface area contributed by atoms with Crippen LogP contribution in [0.2, 0.25) is 0 Å². The SMILES string of the molecule is O=C1c2ccccc2CN(CCCN2CCC[C@@H](C(=O)O)C2)c2ccccc21. The smallest absolute Gasteiger partial charge is 0.307 e. The lowest BCUT2D eigenvalue weighted by Crippen LogP contribution is -2.40. The van der Waals surface area contributed by atoms with Gasteiger partial charge in [-0.25, -0.2) is 0 Å². The molecule has 0 amide bonds. The molecule has 1 N–H and O–H groups in total. The van der Waals surface area contributed by atoms with E-state index in [9.17, 15) is 14.7 Å². The van der Waals surface area contributed by atoms with Crippen LogP contribution in [0.3, 0.4) is 0 Å². The van der Waals surface area contributed by atoms with E-state index in [0.29, 0.717) is 6.54 Å². The van der Waals surface area contributed by atoms with Crippen LogP contribution in [0.25, 0.3) is 0 Å². The number of anilines is 1. The van der Waals surface area contributed by atoms with Crippen molar-refractivity contribution in [3.8, 4) is 0 Å². The van der Waals surface area contributed by atoms with Gasteiger partial charge in [-0.3, -0.25) is 9.59 Å². The Morgan fingerprint density at radius 3 is 2.61 bits per heavy atom. The summed E-state index contributed by atoms with van der Waals surface area (Å²) in [7, 11) is 0. The van der Waals surface area contributed by atoms with E-state index in [1.807, 2.05) is 48.5 Å². The van der Waals surface area contributed by atoms with Crippen LogP contribution in [-0.2, 0) is 11.3 Å². The summed E-state index contributed by atoms with van der Waals surface area (Å²) >= 11 is 0. The first-order valence-corrected chi connectivity index (χ1v) is 10.1. The van der Waals surface area contributed by atoms with Crippen molar-refractivity contribution in [2.75, 3.05) is 31.1 Å². The van der Waals surface area contributed by atoms with E-state index in [1.165, 1.54) is 0 Å². The number of hydrogen-bond acceptors (Lipinski definition) is 4. The molecule has 4 rings (SSSR count). The van der Waals surface area contributed by atoms with E-state index in [1.54, 1.807) is 0 Å². The molecule has 2 aliphatic heterocycles. The molecule has 1 fully saturated rings. The van der Waals surface area contributed by atoms with Gasteiger partial charge in [-0.1, -0.05) is 36.4 Å². The number of benzene rings is 2. The van der Waals surface area contributed by atoms with Crippen molar-refractivity contribution in [3.05, 3.63) is 65.2 Å². The van der Waals surface area contributed by atoms with Gasteiger partial charge in [-0.2, -0.15) is 0 Å². The number of para-hydroxylation sites is 1. The minimum absolute atomic E-state index is 0.0917. The number of aliphatic carboxylic acids is 1. The number of carboxylic acids is 1. The molecule has 2 aliphatic rings. The quantitative estimate of drug-likeness (QED) is 0.864.